The van der Waals surface area contributed by atoms with Gasteiger partial charge in [-0.25, -0.2) is 4.39 Å². The van der Waals surface area contributed by atoms with Crippen LogP contribution in [0.2, 0.25) is 0 Å². The van der Waals surface area contributed by atoms with Crippen molar-refractivity contribution in [2.75, 3.05) is 33.3 Å². The fraction of sp³-hybridized carbons (Fsp3) is 0.500. The number of nitriles is 1. The van der Waals surface area contributed by atoms with Gasteiger partial charge in [0, 0.05) is 31.7 Å². The van der Waals surface area contributed by atoms with Gasteiger partial charge in [-0.05, 0) is 25.2 Å². The molecular weight excluding hydrogens is 245 g/mol. The average Bonchev–Trinajstić information content (AvgIpc) is 2.42. The monoisotopic (exact) mass is 263 g/mol. The van der Waals surface area contributed by atoms with Crippen LogP contribution >= 0.6 is 0 Å². The number of rotatable bonds is 4. The van der Waals surface area contributed by atoms with E-state index >= 15 is 0 Å². The molecule has 1 aliphatic rings. The Labute approximate surface area is 112 Å². The molecule has 0 radical (unpaired) electrons. The third kappa shape index (κ3) is 3.74. The maximum atomic E-state index is 13.7. The zero-order valence-corrected chi connectivity index (χ0v) is 11.0. The van der Waals surface area contributed by atoms with Crippen molar-refractivity contribution in [3.63, 3.8) is 0 Å². The molecule has 0 aliphatic carbocycles. The smallest absolute Gasteiger partial charge is 0.127 e. The SMILES string of the molecule is CNCC1CN(Cc2cc(C#N)ccc2F)CCO1. The molecule has 0 saturated carbocycles. The second-order valence-electron chi connectivity index (χ2n) is 4.70. The molecule has 1 aromatic carbocycles. The van der Waals surface area contributed by atoms with E-state index < -0.39 is 0 Å². The molecule has 0 bridgehead atoms. The number of ether oxygens (including phenoxy) is 1. The number of morpholine rings is 1. The van der Waals surface area contributed by atoms with E-state index in [1.807, 2.05) is 13.1 Å². The minimum absolute atomic E-state index is 0.140. The third-order valence-electron chi connectivity index (χ3n) is 3.22. The van der Waals surface area contributed by atoms with Crippen LogP contribution in [0.1, 0.15) is 11.1 Å². The van der Waals surface area contributed by atoms with Crippen molar-refractivity contribution in [1.82, 2.24) is 10.2 Å². The summed E-state index contributed by atoms with van der Waals surface area (Å²) in [6.45, 7) is 3.53. The predicted molar refractivity (Wildman–Crippen MR) is 70.1 cm³/mol. The first-order valence-electron chi connectivity index (χ1n) is 6.40. The predicted octanol–water partition coefficient (Wildman–Crippen LogP) is 1.12. The quantitative estimate of drug-likeness (QED) is 0.884. The van der Waals surface area contributed by atoms with Gasteiger partial charge < -0.3 is 10.1 Å². The number of nitrogens with zero attached hydrogens (tertiary/aromatic N) is 2. The van der Waals surface area contributed by atoms with Gasteiger partial charge in [0.1, 0.15) is 5.82 Å². The number of hydrogen-bond donors (Lipinski definition) is 1. The lowest BCUT2D eigenvalue weighted by atomic mass is 10.1. The summed E-state index contributed by atoms with van der Waals surface area (Å²) in [5.74, 6) is -0.254. The fourth-order valence-electron chi connectivity index (χ4n) is 2.28. The van der Waals surface area contributed by atoms with Crippen molar-refractivity contribution in [2.24, 2.45) is 0 Å². The molecule has 1 heterocycles. The normalized spacial score (nSPS) is 20.2. The van der Waals surface area contributed by atoms with Crippen LogP contribution in [0.4, 0.5) is 4.39 Å². The Kier molecular flexibility index (Phi) is 4.86. The van der Waals surface area contributed by atoms with Crippen molar-refractivity contribution < 1.29 is 9.13 Å². The van der Waals surface area contributed by atoms with Crippen LogP contribution in [0.25, 0.3) is 0 Å². The largest absolute Gasteiger partial charge is 0.374 e. The Morgan fingerprint density at radius 3 is 3.16 bits per heavy atom. The zero-order valence-electron chi connectivity index (χ0n) is 11.0. The van der Waals surface area contributed by atoms with E-state index in [4.69, 9.17) is 10.00 Å². The summed E-state index contributed by atoms with van der Waals surface area (Å²) < 4.78 is 19.3. The van der Waals surface area contributed by atoms with E-state index in [-0.39, 0.29) is 11.9 Å². The van der Waals surface area contributed by atoms with E-state index in [1.54, 1.807) is 6.07 Å². The summed E-state index contributed by atoms with van der Waals surface area (Å²) in [6.07, 6.45) is 0.140. The molecule has 1 aromatic rings. The van der Waals surface area contributed by atoms with Crippen LogP contribution in [-0.4, -0.2) is 44.3 Å². The lowest BCUT2D eigenvalue weighted by molar-refractivity contribution is -0.0294. The first-order chi connectivity index (χ1) is 9.22. The molecule has 1 atom stereocenters. The molecule has 1 saturated heterocycles. The first-order valence-corrected chi connectivity index (χ1v) is 6.40. The van der Waals surface area contributed by atoms with Gasteiger partial charge in [0.05, 0.1) is 24.3 Å². The topological polar surface area (TPSA) is 48.3 Å². The number of benzene rings is 1. The van der Waals surface area contributed by atoms with Crippen LogP contribution < -0.4 is 5.32 Å². The number of likely N-dealkylation sites (N-methyl/N-ethyl adjacent to an activating group) is 1. The van der Waals surface area contributed by atoms with Gasteiger partial charge in [-0.3, -0.25) is 4.90 Å². The van der Waals surface area contributed by atoms with E-state index in [2.05, 4.69) is 10.2 Å². The summed E-state index contributed by atoms with van der Waals surface area (Å²) in [5.41, 5.74) is 1.07. The Morgan fingerprint density at radius 2 is 2.42 bits per heavy atom. The first kappa shape index (κ1) is 13.9. The molecular formula is C14H18FN3O. The van der Waals surface area contributed by atoms with Crippen LogP contribution in [0.3, 0.4) is 0 Å². The summed E-state index contributed by atoms with van der Waals surface area (Å²) in [7, 11) is 1.89. The van der Waals surface area contributed by atoms with Crippen molar-refractivity contribution in [2.45, 2.75) is 12.6 Å². The molecule has 1 aliphatic heterocycles. The van der Waals surface area contributed by atoms with Gasteiger partial charge in [0.2, 0.25) is 0 Å². The summed E-state index contributed by atoms with van der Waals surface area (Å²) in [6, 6.07) is 6.53. The molecule has 1 fully saturated rings. The third-order valence-corrected chi connectivity index (χ3v) is 3.22. The highest BCUT2D eigenvalue weighted by molar-refractivity contribution is 5.33. The highest BCUT2D eigenvalue weighted by Crippen LogP contribution is 2.15. The van der Waals surface area contributed by atoms with Crippen LogP contribution in [-0.2, 0) is 11.3 Å². The molecule has 4 nitrogen and oxygen atoms in total. The lowest BCUT2D eigenvalue weighted by Crippen LogP contribution is -2.45. The molecule has 102 valence electrons. The average molecular weight is 263 g/mol. The Hall–Kier alpha value is -1.48. The summed E-state index contributed by atoms with van der Waals surface area (Å²) in [5, 5.41) is 11.9. The molecule has 5 heteroatoms. The maximum absolute atomic E-state index is 13.7. The minimum atomic E-state index is -0.254. The lowest BCUT2D eigenvalue weighted by Gasteiger charge is -2.32. The molecule has 0 spiro atoms. The van der Waals surface area contributed by atoms with E-state index in [0.29, 0.717) is 24.3 Å². The summed E-state index contributed by atoms with van der Waals surface area (Å²) >= 11 is 0. The zero-order chi connectivity index (χ0) is 13.7. The number of halogens is 1. The van der Waals surface area contributed by atoms with Crippen molar-refractivity contribution in [3.05, 3.63) is 35.1 Å². The van der Waals surface area contributed by atoms with Gasteiger partial charge in [-0.15, -0.1) is 0 Å². The van der Waals surface area contributed by atoms with Gasteiger partial charge >= 0.3 is 0 Å². The standard InChI is InChI=1S/C14H18FN3O/c1-17-8-13-10-18(4-5-19-13)9-12-6-11(7-16)2-3-14(12)15/h2-3,6,13,17H,4-5,8-10H2,1H3. The Morgan fingerprint density at radius 1 is 1.58 bits per heavy atom. The van der Waals surface area contributed by atoms with E-state index in [9.17, 15) is 4.39 Å². The molecule has 0 amide bonds. The maximum Gasteiger partial charge on any atom is 0.127 e. The Bertz CT molecular complexity index is 470. The minimum Gasteiger partial charge on any atom is -0.374 e. The van der Waals surface area contributed by atoms with Crippen molar-refractivity contribution in [3.8, 4) is 6.07 Å². The van der Waals surface area contributed by atoms with Crippen LogP contribution in [0, 0.1) is 17.1 Å². The van der Waals surface area contributed by atoms with Gasteiger partial charge in [0.15, 0.2) is 0 Å². The molecule has 1 unspecified atom stereocenters. The number of nitrogens with one attached hydrogen (secondary N) is 1. The van der Waals surface area contributed by atoms with Crippen LogP contribution in [0.15, 0.2) is 18.2 Å². The molecule has 19 heavy (non-hydrogen) atoms. The van der Waals surface area contributed by atoms with Gasteiger partial charge in [0.25, 0.3) is 0 Å². The highest BCUT2D eigenvalue weighted by Gasteiger charge is 2.20. The van der Waals surface area contributed by atoms with Crippen molar-refractivity contribution in [1.29, 1.82) is 5.26 Å². The van der Waals surface area contributed by atoms with Crippen molar-refractivity contribution >= 4 is 0 Å². The number of hydrogen-bond acceptors (Lipinski definition) is 4. The molecule has 0 aromatic heterocycles. The Balaban J connectivity index is 2.02. The second kappa shape index (κ2) is 6.62. The molecule has 1 N–H and O–H groups in total. The highest BCUT2D eigenvalue weighted by atomic mass is 19.1. The van der Waals surface area contributed by atoms with E-state index in [0.717, 1.165) is 19.6 Å². The van der Waals surface area contributed by atoms with Crippen LogP contribution in [0.5, 0.6) is 0 Å². The molecule has 2 rings (SSSR count). The van der Waals surface area contributed by atoms with Gasteiger partial charge in [-0.1, -0.05) is 0 Å². The fourth-order valence-corrected chi connectivity index (χ4v) is 2.28. The van der Waals surface area contributed by atoms with E-state index in [1.165, 1.54) is 12.1 Å². The summed E-state index contributed by atoms with van der Waals surface area (Å²) in [4.78, 5) is 2.16. The second-order valence-corrected chi connectivity index (χ2v) is 4.70. The van der Waals surface area contributed by atoms with Gasteiger partial charge in [-0.2, -0.15) is 5.26 Å².